The molecule has 0 heterocycles. The first-order chi connectivity index (χ1) is 6.56. The van der Waals surface area contributed by atoms with E-state index in [1.807, 2.05) is 12.2 Å². The highest BCUT2D eigenvalue weighted by Crippen LogP contribution is 1.98. The first-order valence-corrected chi connectivity index (χ1v) is 4.82. The zero-order valence-corrected chi connectivity index (χ0v) is 9.17. The van der Waals surface area contributed by atoms with Crippen molar-refractivity contribution in [2.24, 2.45) is 5.92 Å². The summed E-state index contributed by atoms with van der Waals surface area (Å²) in [7, 11) is 0. The number of carbonyl (C=O) groups is 1. The Morgan fingerprint density at radius 1 is 1.57 bits per heavy atom. The molecule has 0 atom stereocenters. The molecular weight excluding hydrogens is 178 g/mol. The maximum Gasteiger partial charge on any atom is 0.407 e. The van der Waals surface area contributed by atoms with Crippen molar-refractivity contribution in [2.45, 2.75) is 20.8 Å². The molecule has 80 valence electrons. The van der Waals surface area contributed by atoms with Crippen LogP contribution < -0.4 is 5.32 Å². The van der Waals surface area contributed by atoms with Gasteiger partial charge in [-0.25, -0.2) is 4.79 Å². The number of ether oxygens (including phenoxy) is 1. The minimum absolute atomic E-state index is 0.389. The summed E-state index contributed by atoms with van der Waals surface area (Å²) in [5, 5.41) is 2.60. The molecule has 0 spiro atoms. The molecule has 0 saturated carbocycles. The van der Waals surface area contributed by atoms with Crippen LogP contribution in [0.25, 0.3) is 0 Å². The second-order valence-electron chi connectivity index (χ2n) is 3.34. The lowest BCUT2D eigenvalue weighted by Crippen LogP contribution is -2.25. The second kappa shape index (κ2) is 7.18. The van der Waals surface area contributed by atoms with Crippen molar-refractivity contribution in [3.8, 4) is 0 Å². The summed E-state index contributed by atoms with van der Waals surface area (Å²) in [5.74, 6) is 0.495. The van der Waals surface area contributed by atoms with Crippen LogP contribution in [0.4, 0.5) is 4.79 Å². The molecule has 0 radical (unpaired) electrons. The van der Waals surface area contributed by atoms with Crippen molar-refractivity contribution in [1.29, 1.82) is 0 Å². The van der Waals surface area contributed by atoms with Crippen LogP contribution in [0, 0.1) is 5.92 Å². The quantitative estimate of drug-likeness (QED) is 0.688. The Labute approximate surface area is 85.8 Å². The van der Waals surface area contributed by atoms with Gasteiger partial charge < -0.3 is 10.1 Å². The molecule has 1 N–H and O–H groups in total. The number of carbonyl (C=O) groups excluding carboxylic acids is 1. The minimum atomic E-state index is -0.397. The smallest absolute Gasteiger partial charge is 0.407 e. The van der Waals surface area contributed by atoms with E-state index in [1.165, 1.54) is 0 Å². The van der Waals surface area contributed by atoms with Crippen LogP contribution >= 0.6 is 0 Å². The molecular formula is C11H19NO2. The van der Waals surface area contributed by atoms with E-state index in [9.17, 15) is 4.79 Å². The van der Waals surface area contributed by atoms with Gasteiger partial charge in [-0.05, 0) is 18.4 Å². The van der Waals surface area contributed by atoms with Gasteiger partial charge in [0.05, 0.1) is 6.61 Å². The van der Waals surface area contributed by atoms with Gasteiger partial charge in [-0.2, -0.15) is 0 Å². The van der Waals surface area contributed by atoms with Crippen LogP contribution in [0.1, 0.15) is 20.8 Å². The Kier molecular flexibility index (Phi) is 6.54. The van der Waals surface area contributed by atoms with E-state index in [1.54, 1.807) is 6.92 Å². The van der Waals surface area contributed by atoms with Gasteiger partial charge in [-0.3, -0.25) is 0 Å². The molecule has 0 aliphatic heterocycles. The Balaban J connectivity index is 3.69. The summed E-state index contributed by atoms with van der Waals surface area (Å²) in [5.41, 5.74) is 0.867. The largest absolute Gasteiger partial charge is 0.450 e. The standard InChI is InChI=1S/C11H19NO2/c1-5-14-11(13)12-8-10(4)7-6-9(2)3/h6-7,9H,4-5,8H2,1-3H3,(H,12,13)/b7-6-. The van der Waals surface area contributed by atoms with Gasteiger partial charge in [0.2, 0.25) is 0 Å². The first-order valence-electron chi connectivity index (χ1n) is 4.82. The van der Waals surface area contributed by atoms with E-state index in [-0.39, 0.29) is 0 Å². The molecule has 3 nitrogen and oxygen atoms in total. The number of rotatable bonds is 5. The lowest BCUT2D eigenvalue weighted by molar-refractivity contribution is 0.153. The van der Waals surface area contributed by atoms with Gasteiger partial charge in [0.1, 0.15) is 0 Å². The van der Waals surface area contributed by atoms with Crippen molar-refractivity contribution >= 4 is 6.09 Å². The molecule has 0 bridgehead atoms. The Hall–Kier alpha value is -1.25. The van der Waals surface area contributed by atoms with Gasteiger partial charge >= 0.3 is 6.09 Å². The number of allylic oxidation sites excluding steroid dienone is 1. The fourth-order valence-corrected chi connectivity index (χ4v) is 0.755. The fraction of sp³-hybridized carbons (Fsp3) is 0.545. The number of nitrogens with one attached hydrogen (secondary N) is 1. The monoisotopic (exact) mass is 197 g/mol. The molecule has 0 rings (SSSR count). The Morgan fingerprint density at radius 2 is 2.21 bits per heavy atom. The summed E-state index contributed by atoms with van der Waals surface area (Å²) in [6.45, 7) is 10.6. The highest BCUT2D eigenvalue weighted by Gasteiger charge is 1.98. The van der Waals surface area contributed by atoms with Crippen LogP contribution in [-0.4, -0.2) is 19.2 Å². The molecule has 0 saturated heterocycles. The van der Waals surface area contributed by atoms with Crippen LogP contribution in [-0.2, 0) is 4.74 Å². The van der Waals surface area contributed by atoms with Crippen molar-refractivity contribution < 1.29 is 9.53 Å². The third-order valence-corrected chi connectivity index (χ3v) is 1.45. The third-order valence-electron chi connectivity index (χ3n) is 1.45. The normalized spacial score (nSPS) is 10.6. The molecule has 0 aromatic rings. The fourth-order valence-electron chi connectivity index (χ4n) is 0.755. The van der Waals surface area contributed by atoms with Gasteiger partial charge in [-0.15, -0.1) is 0 Å². The maximum atomic E-state index is 10.9. The van der Waals surface area contributed by atoms with Crippen molar-refractivity contribution in [3.63, 3.8) is 0 Å². The number of alkyl carbamates (subject to hydrolysis) is 1. The van der Waals surface area contributed by atoms with Crippen molar-refractivity contribution in [2.75, 3.05) is 13.2 Å². The SMILES string of the molecule is C=C(/C=C\C(C)C)CNC(=O)OCC. The van der Waals surface area contributed by atoms with E-state index in [0.717, 1.165) is 5.57 Å². The van der Waals surface area contributed by atoms with E-state index in [0.29, 0.717) is 19.1 Å². The Bertz CT molecular complexity index is 219. The van der Waals surface area contributed by atoms with E-state index >= 15 is 0 Å². The maximum absolute atomic E-state index is 10.9. The number of amides is 1. The predicted molar refractivity (Wildman–Crippen MR) is 58.1 cm³/mol. The van der Waals surface area contributed by atoms with Crippen molar-refractivity contribution in [1.82, 2.24) is 5.32 Å². The van der Waals surface area contributed by atoms with Gasteiger partial charge in [0, 0.05) is 6.54 Å². The first kappa shape index (κ1) is 12.8. The van der Waals surface area contributed by atoms with Gasteiger partial charge in [-0.1, -0.05) is 32.6 Å². The molecule has 0 aliphatic rings. The number of hydrogen-bond donors (Lipinski definition) is 1. The highest BCUT2D eigenvalue weighted by molar-refractivity contribution is 5.67. The Morgan fingerprint density at radius 3 is 2.71 bits per heavy atom. The lowest BCUT2D eigenvalue weighted by Gasteiger charge is -2.04. The van der Waals surface area contributed by atoms with Gasteiger partial charge in [0.15, 0.2) is 0 Å². The summed E-state index contributed by atoms with van der Waals surface area (Å²) in [4.78, 5) is 10.9. The van der Waals surface area contributed by atoms with Crippen molar-refractivity contribution in [3.05, 3.63) is 24.3 Å². The molecule has 0 aromatic heterocycles. The van der Waals surface area contributed by atoms with Gasteiger partial charge in [0.25, 0.3) is 0 Å². The minimum Gasteiger partial charge on any atom is -0.450 e. The average Bonchev–Trinajstić information content (AvgIpc) is 2.12. The zero-order valence-electron chi connectivity index (χ0n) is 9.17. The van der Waals surface area contributed by atoms with E-state index in [4.69, 9.17) is 4.74 Å². The number of hydrogen-bond acceptors (Lipinski definition) is 2. The second-order valence-corrected chi connectivity index (χ2v) is 3.34. The third kappa shape index (κ3) is 7.40. The molecule has 0 fully saturated rings. The summed E-state index contributed by atoms with van der Waals surface area (Å²) in [6.07, 6.45) is 3.55. The molecule has 0 unspecified atom stereocenters. The predicted octanol–water partition coefficient (Wildman–Crippen LogP) is 2.50. The summed E-state index contributed by atoms with van der Waals surface area (Å²) in [6, 6.07) is 0. The molecule has 0 aliphatic carbocycles. The average molecular weight is 197 g/mol. The van der Waals surface area contributed by atoms with Crippen LogP contribution in [0.15, 0.2) is 24.3 Å². The van der Waals surface area contributed by atoms with E-state index in [2.05, 4.69) is 25.7 Å². The summed E-state index contributed by atoms with van der Waals surface area (Å²) < 4.78 is 4.70. The van der Waals surface area contributed by atoms with Crippen LogP contribution in [0.2, 0.25) is 0 Å². The van der Waals surface area contributed by atoms with E-state index < -0.39 is 6.09 Å². The topological polar surface area (TPSA) is 38.3 Å². The summed E-state index contributed by atoms with van der Waals surface area (Å²) >= 11 is 0. The molecule has 14 heavy (non-hydrogen) atoms. The molecule has 3 heteroatoms. The van der Waals surface area contributed by atoms with Crippen LogP contribution in [0.5, 0.6) is 0 Å². The highest BCUT2D eigenvalue weighted by atomic mass is 16.5. The van der Waals surface area contributed by atoms with Crippen LogP contribution in [0.3, 0.4) is 0 Å². The lowest BCUT2D eigenvalue weighted by atomic mass is 10.1. The zero-order chi connectivity index (χ0) is 11.0. The molecule has 1 amide bonds. The molecule has 0 aromatic carbocycles.